The SMILES string of the molecule is CC(=O)N1CCc2ccc(S(=O)(=O)N3CC[C@H](N)C3)cc21. The number of carbonyl (C=O) groups excluding carboxylic acids is 1. The molecular weight excluding hydrogens is 290 g/mol. The highest BCUT2D eigenvalue weighted by Crippen LogP contribution is 2.32. The lowest BCUT2D eigenvalue weighted by molar-refractivity contribution is -0.116. The first-order valence-corrected chi connectivity index (χ1v) is 8.50. The molecule has 0 bridgehead atoms. The van der Waals surface area contributed by atoms with Gasteiger partial charge in [-0.15, -0.1) is 0 Å². The molecule has 0 saturated carbocycles. The summed E-state index contributed by atoms with van der Waals surface area (Å²) in [6.07, 6.45) is 1.45. The third-order valence-electron chi connectivity index (χ3n) is 4.16. The Morgan fingerprint density at radius 1 is 1.33 bits per heavy atom. The molecule has 21 heavy (non-hydrogen) atoms. The van der Waals surface area contributed by atoms with Crippen molar-refractivity contribution in [3.63, 3.8) is 0 Å². The summed E-state index contributed by atoms with van der Waals surface area (Å²) >= 11 is 0. The van der Waals surface area contributed by atoms with E-state index in [1.807, 2.05) is 0 Å². The molecule has 0 spiro atoms. The molecular formula is C14H19N3O3S. The Bertz CT molecular complexity index is 687. The molecule has 1 amide bonds. The summed E-state index contributed by atoms with van der Waals surface area (Å²) in [7, 11) is -3.53. The van der Waals surface area contributed by atoms with Crippen LogP contribution in [0.5, 0.6) is 0 Å². The predicted molar refractivity (Wildman–Crippen MR) is 79.5 cm³/mol. The molecule has 1 aromatic rings. The van der Waals surface area contributed by atoms with Crippen LogP contribution in [0.15, 0.2) is 23.1 Å². The summed E-state index contributed by atoms with van der Waals surface area (Å²) < 4.78 is 26.7. The Balaban J connectivity index is 1.97. The van der Waals surface area contributed by atoms with Crippen LogP contribution in [0.1, 0.15) is 18.9 Å². The van der Waals surface area contributed by atoms with Gasteiger partial charge in [0.25, 0.3) is 0 Å². The fraction of sp³-hybridized carbons (Fsp3) is 0.500. The van der Waals surface area contributed by atoms with Crippen LogP contribution in [0.25, 0.3) is 0 Å². The lowest BCUT2D eigenvalue weighted by Crippen LogP contribution is -2.32. The Morgan fingerprint density at radius 2 is 2.10 bits per heavy atom. The van der Waals surface area contributed by atoms with Gasteiger partial charge in [-0.2, -0.15) is 4.31 Å². The van der Waals surface area contributed by atoms with E-state index in [4.69, 9.17) is 5.73 Å². The van der Waals surface area contributed by atoms with E-state index < -0.39 is 10.0 Å². The van der Waals surface area contributed by atoms with E-state index >= 15 is 0 Å². The van der Waals surface area contributed by atoms with Gasteiger partial charge in [0.15, 0.2) is 0 Å². The number of anilines is 1. The standard InChI is InChI=1S/C14H19N3O3S/c1-10(18)17-7-4-11-2-3-13(8-14(11)17)21(19,20)16-6-5-12(15)9-16/h2-3,8,12H,4-7,9,15H2,1H3/t12-/m0/s1. The zero-order valence-corrected chi connectivity index (χ0v) is 12.8. The summed E-state index contributed by atoms with van der Waals surface area (Å²) in [4.78, 5) is 13.5. The molecule has 3 rings (SSSR count). The van der Waals surface area contributed by atoms with Crippen molar-refractivity contribution < 1.29 is 13.2 Å². The maximum atomic E-state index is 12.6. The molecule has 0 aliphatic carbocycles. The number of nitrogens with two attached hydrogens (primary N) is 1. The molecule has 1 atom stereocenters. The van der Waals surface area contributed by atoms with Gasteiger partial charge >= 0.3 is 0 Å². The molecule has 1 fully saturated rings. The van der Waals surface area contributed by atoms with Crippen molar-refractivity contribution in [2.24, 2.45) is 5.73 Å². The quantitative estimate of drug-likeness (QED) is 0.852. The van der Waals surface area contributed by atoms with Gasteiger partial charge in [-0.3, -0.25) is 4.79 Å². The summed E-state index contributed by atoms with van der Waals surface area (Å²) in [6.45, 7) is 2.92. The van der Waals surface area contributed by atoms with E-state index in [1.165, 1.54) is 11.2 Å². The number of sulfonamides is 1. The van der Waals surface area contributed by atoms with E-state index in [1.54, 1.807) is 23.1 Å². The van der Waals surface area contributed by atoms with E-state index in [0.717, 1.165) is 12.0 Å². The summed E-state index contributed by atoms with van der Waals surface area (Å²) in [5, 5.41) is 0. The topological polar surface area (TPSA) is 83.7 Å². The molecule has 2 aliphatic heterocycles. The first-order valence-electron chi connectivity index (χ1n) is 7.06. The molecule has 0 unspecified atom stereocenters. The van der Waals surface area contributed by atoms with Crippen LogP contribution in [0.3, 0.4) is 0 Å². The molecule has 2 aliphatic rings. The average Bonchev–Trinajstić information content (AvgIpc) is 3.03. The minimum absolute atomic E-state index is 0.0634. The summed E-state index contributed by atoms with van der Waals surface area (Å²) in [5.41, 5.74) is 7.52. The average molecular weight is 309 g/mol. The molecule has 0 radical (unpaired) electrons. The highest BCUT2D eigenvalue weighted by atomic mass is 32.2. The Kier molecular flexibility index (Phi) is 3.51. The van der Waals surface area contributed by atoms with E-state index in [-0.39, 0.29) is 16.8 Å². The highest BCUT2D eigenvalue weighted by molar-refractivity contribution is 7.89. The molecule has 0 aromatic heterocycles. The third-order valence-corrected chi connectivity index (χ3v) is 6.02. The predicted octanol–water partition coefficient (Wildman–Crippen LogP) is 0.317. The van der Waals surface area contributed by atoms with Crippen molar-refractivity contribution in [2.75, 3.05) is 24.5 Å². The summed E-state index contributed by atoms with van der Waals surface area (Å²) in [6, 6.07) is 4.95. The molecule has 7 heteroatoms. The van der Waals surface area contributed by atoms with Gasteiger partial charge in [-0.1, -0.05) is 6.07 Å². The number of amides is 1. The first kappa shape index (κ1) is 14.5. The third kappa shape index (κ3) is 2.45. The second-order valence-corrected chi connectivity index (χ2v) is 7.56. The van der Waals surface area contributed by atoms with Crippen molar-refractivity contribution in [3.8, 4) is 0 Å². The van der Waals surface area contributed by atoms with Crippen molar-refractivity contribution in [3.05, 3.63) is 23.8 Å². The van der Waals surface area contributed by atoms with E-state index in [0.29, 0.717) is 31.7 Å². The van der Waals surface area contributed by atoms with Gasteiger partial charge in [0.1, 0.15) is 0 Å². The number of fused-ring (bicyclic) bond motifs is 1. The van der Waals surface area contributed by atoms with E-state index in [9.17, 15) is 13.2 Å². The van der Waals surface area contributed by atoms with Crippen LogP contribution in [-0.2, 0) is 21.2 Å². The fourth-order valence-electron chi connectivity index (χ4n) is 2.97. The zero-order valence-electron chi connectivity index (χ0n) is 11.9. The second kappa shape index (κ2) is 5.08. The summed E-state index contributed by atoms with van der Waals surface area (Å²) in [5.74, 6) is -0.0634. The van der Waals surface area contributed by atoms with E-state index in [2.05, 4.69) is 0 Å². The number of nitrogens with zero attached hydrogens (tertiary/aromatic N) is 2. The molecule has 1 aromatic carbocycles. The van der Waals surface area contributed by atoms with Crippen LogP contribution in [0.2, 0.25) is 0 Å². The lowest BCUT2D eigenvalue weighted by Gasteiger charge is -2.19. The molecule has 114 valence electrons. The largest absolute Gasteiger partial charge is 0.326 e. The monoisotopic (exact) mass is 309 g/mol. The number of hydrogen-bond donors (Lipinski definition) is 1. The van der Waals surface area contributed by atoms with Gasteiger partial charge in [-0.05, 0) is 30.5 Å². The first-order chi connectivity index (χ1) is 9.89. The van der Waals surface area contributed by atoms with Gasteiger partial charge in [0.05, 0.1) is 4.90 Å². The Hall–Kier alpha value is -1.44. The minimum Gasteiger partial charge on any atom is -0.326 e. The number of hydrogen-bond acceptors (Lipinski definition) is 4. The Labute approximate surface area is 124 Å². The lowest BCUT2D eigenvalue weighted by atomic mass is 10.2. The van der Waals surface area contributed by atoms with Crippen LogP contribution in [0.4, 0.5) is 5.69 Å². The maximum absolute atomic E-state index is 12.6. The molecule has 2 heterocycles. The number of carbonyl (C=O) groups is 1. The van der Waals surface area contributed by atoms with Crippen molar-refractivity contribution in [2.45, 2.75) is 30.7 Å². The fourth-order valence-corrected chi connectivity index (χ4v) is 4.50. The maximum Gasteiger partial charge on any atom is 0.243 e. The molecule has 1 saturated heterocycles. The van der Waals surface area contributed by atoms with Gasteiger partial charge in [0.2, 0.25) is 15.9 Å². The van der Waals surface area contributed by atoms with Crippen LogP contribution in [-0.4, -0.2) is 44.3 Å². The van der Waals surface area contributed by atoms with Crippen molar-refractivity contribution in [1.82, 2.24) is 4.31 Å². The highest BCUT2D eigenvalue weighted by Gasteiger charge is 2.32. The molecule has 6 nitrogen and oxygen atoms in total. The normalized spacial score (nSPS) is 22.6. The van der Waals surface area contributed by atoms with Crippen molar-refractivity contribution >= 4 is 21.6 Å². The van der Waals surface area contributed by atoms with Gasteiger partial charge < -0.3 is 10.6 Å². The zero-order chi connectivity index (χ0) is 15.2. The van der Waals surface area contributed by atoms with Crippen LogP contribution in [0, 0.1) is 0 Å². The number of benzene rings is 1. The van der Waals surface area contributed by atoms with Crippen LogP contribution >= 0.6 is 0 Å². The minimum atomic E-state index is -3.53. The van der Waals surface area contributed by atoms with Crippen molar-refractivity contribution in [1.29, 1.82) is 0 Å². The van der Waals surface area contributed by atoms with Crippen LogP contribution < -0.4 is 10.6 Å². The Morgan fingerprint density at radius 3 is 2.71 bits per heavy atom. The van der Waals surface area contributed by atoms with Gasteiger partial charge in [0, 0.05) is 38.3 Å². The smallest absolute Gasteiger partial charge is 0.243 e. The number of rotatable bonds is 2. The molecule has 2 N–H and O–H groups in total. The second-order valence-electron chi connectivity index (χ2n) is 5.62. The van der Waals surface area contributed by atoms with Gasteiger partial charge in [-0.25, -0.2) is 8.42 Å².